The van der Waals surface area contributed by atoms with E-state index in [4.69, 9.17) is 9.47 Å². The lowest BCUT2D eigenvalue weighted by Crippen LogP contribution is -2.48. The van der Waals surface area contributed by atoms with Crippen molar-refractivity contribution in [1.29, 1.82) is 5.26 Å². The van der Waals surface area contributed by atoms with E-state index in [1.54, 1.807) is 19.9 Å². The van der Waals surface area contributed by atoms with Crippen molar-refractivity contribution in [1.82, 2.24) is 4.90 Å². The molecule has 1 aromatic rings. The molecule has 1 N–H and O–H groups in total. The van der Waals surface area contributed by atoms with Gasteiger partial charge in [0.25, 0.3) is 5.91 Å². The van der Waals surface area contributed by atoms with Gasteiger partial charge >= 0.3 is 29.8 Å². The lowest BCUT2D eigenvalue weighted by molar-refractivity contribution is -0.385. The number of phenols is 1. The van der Waals surface area contributed by atoms with Crippen molar-refractivity contribution in [2.24, 2.45) is 0 Å². The second kappa shape index (κ2) is 14.7. The van der Waals surface area contributed by atoms with Crippen LogP contribution in [0.3, 0.4) is 0 Å². The van der Waals surface area contributed by atoms with Crippen molar-refractivity contribution in [2.75, 3.05) is 34.4 Å². The summed E-state index contributed by atoms with van der Waals surface area (Å²) in [4.78, 5) is 73.6. The van der Waals surface area contributed by atoms with Gasteiger partial charge in [-0.05, 0) is 31.6 Å². The van der Waals surface area contributed by atoms with E-state index >= 15 is 0 Å². The summed E-state index contributed by atoms with van der Waals surface area (Å²) in [5.74, 6) is -6.30. The van der Waals surface area contributed by atoms with E-state index in [2.05, 4.69) is 14.2 Å². The van der Waals surface area contributed by atoms with Crippen LogP contribution in [0.1, 0.15) is 32.3 Å². The van der Waals surface area contributed by atoms with E-state index in [0.29, 0.717) is 0 Å². The molecule has 0 aliphatic heterocycles. The van der Waals surface area contributed by atoms with Gasteiger partial charge in [0.15, 0.2) is 5.75 Å². The predicted octanol–water partition coefficient (Wildman–Crippen LogP) is 1.63. The third kappa shape index (κ3) is 8.15. The fraction of sp³-hybridized carbons (Fsp3) is 0.417. The Morgan fingerprint density at radius 1 is 1.05 bits per heavy atom. The molecule has 40 heavy (non-hydrogen) atoms. The highest BCUT2D eigenvalue weighted by Crippen LogP contribution is 2.38. The number of carbonyl (C=O) groups excluding carboxylic acids is 5. The molecular weight excluding hydrogens is 538 g/mol. The zero-order valence-corrected chi connectivity index (χ0v) is 22.2. The Labute approximate surface area is 227 Å². The van der Waals surface area contributed by atoms with Crippen molar-refractivity contribution in [3.05, 3.63) is 33.4 Å². The van der Waals surface area contributed by atoms with Crippen molar-refractivity contribution in [3.8, 4) is 17.6 Å². The number of carbonyl (C=O) groups is 5. The molecule has 0 spiro atoms. The van der Waals surface area contributed by atoms with Gasteiger partial charge in [-0.1, -0.05) is 0 Å². The van der Waals surface area contributed by atoms with E-state index in [9.17, 15) is 44.5 Å². The van der Waals surface area contributed by atoms with Crippen LogP contribution in [0.25, 0.3) is 6.08 Å². The molecule has 0 unspecified atom stereocenters. The van der Waals surface area contributed by atoms with Crippen LogP contribution < -0.4 is 4.74 Å². The molecule has 0 fully saturated rings. The molecule has 1 rings (SSSR count). The van der Waals surface area contributed by atoms with E-state index in [1.165, 1.54) is 4.90 Å². The number of nitrogens with zero attached hydrogens (tertiary/aromatic N) is 3. The van der Waals surface area contributed by atoms with Gasteiger partial charge in [0.1, 0.15) is 11.6 Å². The smallest absolute Gasteiger partial charge is 0.499 e. The van der Waals surface area contributed by atoms with Gasteiger partial charge in [0.05, 0.1) is 39.1 Å². The van der Waals surface area contributed by atoms with Crippen LogP contribution in [-0.4, -0.2) is 84.9 Å². The number of nitriles is 1. The predicted molar refractivity (Wildman–Crippen MR) is 131 cm³/mol. The number of benzene rings is 1. The number of nitro benzene ring substituents is 1. The van der Waals surface area contributed by atoms with Crippen molar-refractivity contribution >= 4 is 41.7 Å². The Balaban J connectivity index is 3.60. The van der Waals surface area contributed by atoms with E-state index in [-0.39, 0.29) is 18.7 Å². The zero-order valence-electron chi connectivity index (χ0n) is 22.2. The summed E-state index contributed by atoms with van der Waals surface area (Å²) in [5.41, 5.74) is -4.24. The first-order valence-corrected chi connectivity index (χ1v) is 11.4. The van der Waals surface area contributed by atoms with Gasteiger partial charge in [-0.3, -0.25) is 24.5 Å². The number of esters is 3. The molecule has 0 aliphatic rings. The summed E-state index contributed by atoms with van der Waals surface area (Å²) in [6.07, 6.45) is -2.87. The van der Waals surface area contributed by atoms with Gasteiger partial charge < -0.3 is 33.7 Å². The highest BCUT2D eigenvalue weighted by molar-refractivity contribution is 6.02. The van der Waals surface area contributed by atoms with Gasteiger partial charge in [0.2, 0.25) is 11.4 Å². The monoisotopic (exact) mass is 565 g/mol. The molecule has 216 valence electrons. The molecule has 1 aromatic carbocycles. The fourth-order valence-electron chi connectivity index (χ4n) is 3.29. The Kier molecular flexibility index (Phi) is 12.0. The standard InChI is InChI=1S/C24H27N3O13/c1-6-26(7-2)21(31)15(13-25)8-14-9-16(27(34)35)20(30)17(10-14)39-23(33)40-24(22(32)38-5,11-18(28)36-3)12-19(29)37-4/h8-10,30H,6-7,11-12H2,1-5H3. The third-order valence-electron chi connectivity index (χ3n) is 5.33. The average molecular weight is 565 g/mol. The second-order valence-corrected chi connectivity index (χ2v) is 7.74. The van der Waals surface area contributed by atoms with Crippen LogP contribution in [0.2, 0.25) is 0 Å². The van der Waals surface area contributed by atoms with Crippen molar-refractivity contribution in [3.63, 3.8) is 0 Å². The molecule has 0 saturated carbocycles. The second-order valence-electron chi connectivity index (χ2n) is 7.74. The molecular formula is C24H27N3O13. The van der Waals surface area contributed by atoms with Crippen LogP contribution >= 0.6 is 0 Å². The van der Waals surface area contributed by atoms with E-state index < -0.39 is 76.1 Å². The maximum atomic E-state index is 12.7. The molecule has 0 atom stereocenters. The number of hydrogen-bond acceptors (Lipinski definition) is 14. The number of hydrogen-bond donors (Lipinski definition) is 1. The molecule has 0 aliphatic carbocycles. The number of aromatic hydroxyl groups is 1. The SMILES string of the molecule is CCN(CC)C(=O)C(C#N)=Cc1cc(OC(=O)OC(CC(=O)OC)(CC(=O)OC)C(=O)OC)c(O)c([N+](=O)[O-])c1. The maximum Gasteiger partial charge on any atom is 0.515 e. The minimum absolute atomic E-state index is 0.201. The minimum Gasteiger partial charge on any atom is -0.499 e. The van der Waals surface area contributed by atoms with Crippen LogP contribution in [-0.2, 0) is 38.1 Å². The summed E-state index contributed by atoms with van der Waals surface area (Å²) in [7, 11) is 2.78. The van der Waals surface area contributed by atoms with Crippen molar-refractivity contribution in [2.45, 2.75) is 32.3 Å². The van der Waals surface area contributed by atoms with Crippen molar-refractivity contribution < 1.29 is 57.7 Å². The van der Waals surface area contributed by atoms with Gasteiger partial charge in [-0.2, -0.15) is 5.26 Å². The normalized spacial score (nSPS) is 10.9. The van der Waals surface area contributed by atoms with Crippen LogP contribution in [0.4, 0.5) is 10.5 Å². The molecule has 0 aromatic heterocycles. The number of likely N-dealkylation sites (N-methyl/N-ethyl adjacent to an activating group) is 1. The van der Waals surface area contributed by atoms with Gasteiger partial charge in [-0.15, -0.1) is 0 Å². The van der Waals surface area contributed by atoms with E-state index in [0.717, 1.165) is 39.5 Å². The van der Waals surface area contributed by atoms with Gasteiger partial charge in [0, 0.05) is 19.2 Å². The summed E-state index contributed by atoms with van der Waals surface area (Å²) in [6, 6.07) is 3.37. The lowest BCUT2D eigenvalue weighted by Gasteiger charge is -2.28. The largest absolute Gasteiger partial charge is 0.515 e. The molecule has 0 heterocycles. The minimum atomic E-state index is -2.64. The molecule has 16 nitrogen and oxygen atoms in total. The van der Waals surface area contributed by atoms with E-state index in [1.807, 2.05) is 0 Å². The van der Waals surface area contributed by atoms with Crippen LogP contribution in [0.15, 0.2) is 17.7 Å². The Bertz CT molecular complexity index is 1230. The summed E-state index contributed by atoms with van der Waals surface area (Å²) in [6.45, 7) is 3.88. The number of ether oxygens (including phenoxy) is 5. The summed E-state index contributed by atoms with van der Waals surface area (Å²) in [5, 5.41) is 31.3. The number of nitro groups is 1. The first-order chi connectivity index (χ1) is 18.8. The number of phenolic OH excluding ortho intramolecular Hbond substituents is 1. The first-order valence-electron chi connectivity index (χ1n) is 11.4. The maximum absolute atomic E-state index is 12.7. The Hall–Kier alpha value is -5.20. The Morgan fingerprint density at radius 3 is 2.02 bits per heavy atom. The topological polar surface area (TPSA) is 222 Å². The third-order valence-corrected chi connectivity index (χ3v) is 5.33. The molecule has 1 amide bonds. The summed E-state index contributed by atoms with van der Waals surface area (Å²) >= 11 is 0. The highest BCUT2D eigenvalue weighted by atomic mass is 16.7. The molecule has 0 radical (unpaired) electrons. The fourth-order valence-corrected chi connectivity index (χ4v) is 3.29. The lowest BCUT2D eigenvalue weighted by atomic mass is 9.95. The van der Waals surface area contributed by atoms with Crippen LogP contribution in [0.5, 0.6) is 11.5 Å². The number of amides is 1. The molecule has 16 heteroatoms. The summed E-state index contributed by atoms with van der Waals surface area (Å²) < 4.78 is 23.4. The Morgan fingerprint density at radius 2 is 1.60 bits per heavy atom. The molecule has 0 bridgehead atoms. The highest BCUT2D eigenvalue weighted by Gasteiger charge is 2.49. The first kappa shape index (κ1) is 32.8. The molecule has 0 saturated heterocycles. The van der Waals surface area contributed by atoms with Gasteiger partial charge in [-0.25, -0.2) is 9.59 Å². The van der Waals surface area contributed by atoms with Crippen LogP contribution in [0, 0.1) is 21.4 Å². The average Bonchev–Trinajstić information content (AvgIpc) is 2.92. The zero-order chi connectivity index (χ0) is 30.6. The quantitative estimate of drug-likeness (QED) is 0.0723. The number of rotatable bonds is 12. The number of methoxy groups -OCH3 is 3.